The summed E-state index contributed by atoms with van der Waals surface area (Å²) in [6.07, 6.45) is 1.94. The SMILES string of the molecule is O=C(O)c1c(OC2CN(C(=O)[C@@H]3CCCN3)C2)ccc([C@H]2C[C@H]2B(O)O)c1O. The highest BCUT2D eigenvalue weighted by molar-refractivity contribution is 6.44. The molecule has 150 valence electrons. The lowest BCUT2D eigenvalue weighted by Crippen LogP contribution is -2.59. The molecule has 1 aromatic rings. The number of nitrogens with zero attached hydrogens (tertiary/aromatic N) is 1. The van der Waals surface area contributed by atoms with Crippen LogP contribution in [0.1, 0.15) is 41.1 Å². The van der Waals surface area contributed by atoms with Gasteiger partial charge in [-0.15, -0.1) is 0 Å². The average molecular weight is 390 g/mol. The number of carboxylic acid groups (broad SMARTS) is 1. The number of benzene rings is 1. The van der Waals surface area contributed by atoms with E-state index in [1.165, 1.54) is 6.07 Å². The van der Waals surface area contributed by atoms with Crippen LogP contribution in [0.2, 0.25) is 5.82 Å². The second-order valence-corrected chi connectivity index (χ2v) is 7.73. The number of carbonyl (C=O) groups is 2. The van der Waals surface area contributed by atoms with Crippen molar-refractivity contribution in [3.63, 3.8) is 0 Å². The molecule has 0 aromatic heterocycles. The molecule has 0 bridgehead atoms. The summed E-state index contributed by atoms with van der Waals surface area (Å²) in [7, 11) is -1.50. The molecular formula is C18H23BN2O7. The van der Waals surface area contributed by atoms with E-state index >= 15 is 0 Å². The minimum Gasteiger partial charge on any atom is -0.507 e. The lowest BCUT2D eigenvalue weighted by molar-refractivity contribution is -0.141. The monoisotopic (exact) mass is 390 g/mol. The van der Waals surface area contributed by atoms with Gasteiger partial charge in [0.15, 0.2) is 0 Å². The number of amides is 1. The number of aromatic hydroxyl groups is 1. The van der Waals surface area contributed by atoms with E-state index in [0.717, 1.165) is 19.4 Å². The van der Waals surface area contributed by atoms with Gasteiger partial charge in [0.25, 0.3) is 0 Å². The minimum absolute atomic E-state index is 0.0383. The molecule has 5 N–H and O–H groups in total. The minimum atomic E-state index is -1.50. The molecule has 1 amide bonds. The predicted molar refractivity (Wildman–Crippen MR) is 98.4 cm³/mol. The van der Waals surface area contributed by atoms with E-state index in [9.17, 15) is 29.9 Å². The molecule has 1 aromatic carbocycles. The van der Waals surface area contributed by atoms with E-state index < -0.39 is 24.7 Å². The van der Waals surface area contributed by atoms with Gasteiger partial charge >= 0.3 is 13.1 Å². The molecule has 1 saturated carbocycles. The molecule has 3 fully saturated rings. The first-order chi connectivity index (χ1) is 13.4. The van der Waals surface area contributed by atoms with Gasteiger partial charge in [0.1, 0.15) is 23.2 Å². The van der Waals surface area contributed by atoms with Crippen LogP contribution >= 0.6 is 0 Å². The lowest BCUT2D eigenvalue weighted by Gasteiger charge is -2.40. The third-order valence-electron chi connectivity index (χ3n) is 5.82. The van der Waals surface area contributed by atoms with Crippen molar-refractivity contribution < 1.29 is 34.6 Å². The first-order valence-electron chi connectivity index (χ1n) is 9.51. The van der Waals surface area contributed by atoms with Crippen LogP contribution in [0.3, 0.4) is 0 Å². The van der Waals surface area contributed by atoms with E-state index in [1.807, 2.05) is 0 Å². The normalized spacial score (nSPS) is 26.6. The fourth-order valence-electron chi connectivity index (χ4n) is 4.08. The Kier molecular flexibility index (Phi) is 4.94. The summed E-state index contributed by atoms with van der Waals surface area (Å²) in [5.74, 6) is -2.33. The molecule has 3 aliphatic rings. The van der Waals surface area contributed by atoms with Crippen molar-refractivity contribution in [3.8, 4) is 11.5 Å². The van der Waals surface area contributed by atoms with Crippen LogP contribution in [0, 0.1) is 0 Å². The first kappa shape index (κ1) is 19.0. The maximum atomic E-state index is 12.3. The van der Waals surface area contributed by atoms with Crippen molar-refractivity contribution in [2.75, 3.05) is 19.6 Å². The van der Waals surface area contributed by atoms with Gasteiger partial charge in [0.05, 0.1) is 19.1 Å². The number of rotatable bonds is 6. The Labute approximate surface area is 162 Å². The van der Waals surface area contributed by atoms with Gasteiger partial charge < -0.3 is 35.2 Å². The molecule has 2 heterocycles. The molecule has 0 radical (unpaired) electrons. The molecule has 10 heteroatoms. The molecule has 9 nitrogen and oxygen atoms in total. The molecule has 4 rings (SSSR count). The third-order valence-corrected chi connectivity index (χ3v) is 5.82. The van der Waals surface area contributed by atoms with E-state index in [2.05, 4.69) is 5.32 Å². The van der Waals surface area contributed by atoms with E-state index in [0.29, 0.717) is 25.1 Å². The van der Waals surface area contributed by atoms with Gasteiger partial charge in [-0.3, -0.25) is 4.79 Å². The van der Waals surface area contributed by atoms with Gasteiger partial charge in [-0.25, -0.2) is 4.79 Å². The Balaban J connectivity index is 1.43. The highest BCUT2D eigenvalue weighted by Crippen LogP contribution is 2.56. The van der Waals surface area contributed by atoms with Crippen molar-refractivity contribution >= 4 is 19.0 Å². The fourth-order valence-corrected chi connectivity index (χ4v) is 4.08. The number of aromatic carboxylic acids is 1. The summed E-state index contributed by atoms with van der Waals surface area (Å²) in [5, 5.41) is 41.6. The van der Waals surface area contributed by atoms with Crippen molar-refractivity contribution in [2.45, 2.75) is 43.1 Å². The number of likely N-dealkylation sites (tertiary alicyclic amines) is 1. The molecule has 28 heavy (non-hydrogen) atoms. The number of phenols is 1. The molecule has 1 aliphatic carbocycles. The number of nitrogens with one attached hydrogen (secondary N) is 1. The van der Waals surface area contributed by atoms with E-state index in [1.54, 1.807) is 11.0 Å². The van der Waals surface area contributed by atoms with Gasteiger partial charge in [0.2, 0.25) is 5.91 Å². The van der Waals surface area contributed by atoms with Crippen LogP contribution in [-0.2, 0) is 4.79 Å². The molecule has 2 saturated heterocycles. The van der Waals surface area contributed by atoms with Crippen LogP contribution in [0.15, 0.2) is 12.1 Å². The first-order valence-corrected chi connectivity index (χ1v) is 9.51. The molecule has 3 atom stereocenters. The fraction of sp³-hybridized carbons (Fsp3) is 0.556. The third kappa shape index (κ3) is 3.43. The molecule has 0 spiro atoms. The van der Waals surface area contributed by atoms with Crippen molar-refractivity contribution in [1.82, 2.24) is 10.2 Å². The Bertz CT molecular complexity index is 790. The second-order valence-electron chi connectivity index (χ2n) is 7.73. The summed E-state index contributed by atoms with van der Waals surface area (Å²) < 4.78 is 5.74. The number of carboxylic acids is 1. The summed E-state index contributed by atoms with van der Waals surface area (Å²) in [5.41, 5.74) is 0.0402. The standard InChI is InChI=1S/C18H23BN2O7/c22-16-10(11-6-12(11)19(26)27)3-4-14(15(16)18(24)25)28-9-7-21(8-9)17(23)13-2-1-5-20-13/h3-4,9,11-13,20,22,26-27H,1-2,5-8H2,(H,24,25)/t11-,12-,13+/m1/s1. The van der Waals surface area contributed by atoms with Crippen LogP contribution in [0.25, 0.3) is 0 Å². The Morgan fingerprint density at radius 1 is 1.25 bits per heavy atom. The second kappa shape index (κ2) is 7.27. The maximum absolute atomic E-state index is 12.3. The zero-order valence-electron chi connectivity index (χ0n) is 15.2. The number of hydrogen-bond acceptors (Lipinski definition) is 7. The number of hydrogen-bond donors (Lipinski definition) is 5. The van der Waals surface area contributed by atoms with Crippen molar-refractivity contribution in [1.29, 1.82) is 0 Å². The van der Waals surface area contributed by atoms with Gasteiger partial charge in [0, 0.05) is 5.82 Å². The number of ether oxygens (including phenoxy) is 1. The summed E-state index contributed by atoms with van der Waals surface area (Å²) in [6.45, 7) is 1.59. The van der Waals surface area contributed by atoms with Crippen LogP contribution in [0.4, 0.5) is 0 Å². The smallest absolute Gasteiger partial charge is 0.455 e. The van der Waals surface area contributed by atoms with Crippen LogP contribution in [-0.4, -0.2) is 75.9 Å². The summed E-state index contributed by atoms with van der Waals surface area (Å²) >= 11 is 0. The topological polar surface area (TPSA) is 140 Å². The van der Waals surface area contributed by atoms with Crippen LogP contribution in [0.5, 0.6) is 11.5 Å². The van der Waals surface area contributed by atoms with Gasteiger partial charge in [-0.05, 0) is 43.4 Å². The predicted octanol–water partition coefficient (Wildman–Crippen LogP) is -0.238. The van der Waals surface area contributed by atoms with E-state index in [-0.39, 0.29) is 35.3 Å². The zero-order valence-corrected chi connectivity index (χ0v) is 15.2. The zero-order chi connectivity index (χ0) is 20.0. The molecule has 2 aliphatic heterocycles. The highest BCUT2D eigenvalue weighted by Gasteiger charge is 2.48. The highest BCUT2D eigenvalue weighted by atomic mass is 16.5. The summed E-state index contributed by atoms with van der Waals surface area (Å²) in [4.78, 5) is 25.7. The van der Waals surface area contributed by atoms with Crippen molar-refractivity contribution in [2.24, 2.45) is 0 Å². The average Bonchev–Trinajstić information content (AvgIpc) is 3.21. The van der Waals surface area contributed by atoms with Crippen LogP contribution < -0.4 is 10.1 Å². The molecule has 0 unspecified atom stereocenters. The van der Waals surface area contributed by atoms with Gasteiger partial charge in [-0.2, -0.15) is 0 Å². The number of carbonyl (C=O) groups excluding carboxylic acids is 1. The van der Waals surface area contributed by atoms with Crippen molar-refractivity contribution in [3.05, 3.63) is 23.3 Å². The molecular weight excluding hydrogens is 367 g/mol. The summed E-state index contributed by atoms with van der Waals surface area (Å²) in [6, 6.07) is 2.90. The van der Waals surface area contributed by atoms with Gasteiger partial charge in [-0.1, -0.05) is 6.07 Å². The Morgan fingerprint density at radius 3 is 2.57 bits per heavy atom. The Hall–Kier alpha value is -2.30. The largest absolute Gasteiger partial charge is 0.507 e. The quantitative estimate of drug-likeness (QED) is 0.420. The lowest BCUT2D eigenvalue weighted by atomic mass is 9.81. The Morgan fingerprint density at radius 2 is 2.00 bits per heavy atom. The maximum Gasteiger partial charge on any atom is 0.455 e. The van der Waals surface area contributed by atoms with E-state index in [4.69, 9.17) is 4.74 Å².